The van der Waals surface area contributed by atoms with Crippen molar-refractivity contribution in [1.82, 2.24) is 4.98 Å². The van der Waals surface area contributed by atoms with Crippen LogP contribution in [0.5, 0.6) is 0 Å². The first-order chi connectivity index (χ1) is 7.20. The van der Waals surface area contributed by atoms with E-state index < -0.39 is 26.0 Å². The van der Waals surface area contributed by atoms with Crippen molar-refractivity contribution in [1.29, 1.82) is 0 Å². The molecule has 0 aliphatic heterocycles. The van der Waals surface area contributed by atoms with E-state index in [9.17, 15) is 16.8 Å². The lowest BCUT2D eigenvalue weighted by atomic mass is 10.2. The lowest BCUT2D eigenvalue weighted by Gasteiger charge is -2.00. The predicted octanol–water partition coefficient (Wildman–Crippen LogP) is 0.0818. The fourth-order valence-corrected chi connectivity index (χ4v) is 2.48. The number of aryl methyl sites for hydroxylation is 1. The summed E-state index contributed by atoms with van der Waals surface area (Å²) in [6.07, 6.45) is 2.66. The number of hydrogen-bond acceptors (Lipinski definition) is 4. The summed E-state index contributed by atoms with van der Waals surface area (Å²) in [6, 6.07) is 0. The fraction of sp³-hybridized carbons (Fsp3) is 0.429. The smallest absolute Gasteiger partial charge is 0.296 e. The van der Waals surface area contributed by atoms with Gasteiger partial charge in [0.15, 0.2) is 0 Å². The van der Waals surface area contributed by atoms with Crippen LogP contribution >= 0.6 is 0 Å². The van der Waals surface area contributed by atoms with Gasteiger partial charge in [-0.25, -0.2) is 0 Å². The largest absolute Gasteiger partial charge is 0.366 e. The predicted molar refractivity (Wildman–Crippen MR) is 55.3 cm³/mol. The molecule has 1 heterocycles. The van der Waals surface area contributed by atoms with E-state index in [0.29, 0.717) is 0 Å². The zero-order chi connectivity index (χ0) is 12.4. The Morgan fingerprint density at radius 2 is 1.75 bits per heavy atom. The summed E-state index contributed by atoms with van der Waals surface area (Å²) in [5.74, 6) is -0.455. The van der Waals surface area contributed by atoms with Gasteiger partial charge < -0.3 is 4.98 Å². The number of hydrogen-bond donors (Lipinski definition) is 3. The summed E-state index contributed by atoms with van der Waals surface area (Å²) in [5.41, 5.74) is 0.283. The van der Waals surface area contributed by atoms with Crippen molar-refractivity contribution in [3.8, 4) is 0 Å². The molecule has 0 bridgehead atoms. The van der Waals surface area contributed by atoms with Crippen LogP contribution in [0.15, 0.2) is 17.3 Å². The quantitative estimate of drug-likeness (QED) is 0.650. The first kappa shape index (κ1) is 13.2. The van der Waals surface area contributed by atoms with Crippen LogP contribution in [0.2, 0.25) is 0 Å². The number of aromatic nitrogens is 1. The Balaban J connectivity index is 2.73. The Morgan fingerprint density at radius 3 is 2.25 bits per heavy atom. The molecule has 0 spiro atoms. The normalized spacial score (nSPS) is 12.9. The summed E-state index contributed by atoms with van der Waals surface area (Å²) >= 11 is 0. The second-order valence-corrected chi connectivity index (χ2v) is 6.17. The molecule has 0 aliphatic carbocycles. The van der Waals surface area contributed by atoms with Gasteiger partial charge in [-0.2, -0.15) is 16.8 Å². The molecule has 0 unspecified atom stereocenters. The molecule has 3 N–H and O–H groups in total. The third-order valence-corrected chi connectivity index (χ3v) is 3.66. The van der Waals surface area contributed by atoms with Gasteiger partial charge in [0.2, 0.25) is 0 Å². The molecule has 16 heavy (non-hydrogen) atoms. The molecule has 0 aromatic carbocycles. The Labute approximate surface area is 93.0 Å². The van der Waals surface area contributed by atoms with Crippen molar-refractivity contribution >= 4 is 20.2 Å². The summed E-state index contributed by atoms with van der Waals surface area (Å²) in [4.78, 5) is 2.23. The molecule has 0 radical (unpaired) electrons. The van der Waals surface area contributed by atoms with Crippen molar-refractivity contribution in [2.75, 3.05) is 5.75 Å². The molecule has 92 valence electrons. The van der Waals surface area contributed by atoms with Gasteiger partial charge >= 0.3 is 0 Å². The van der Waals surface area contributed by atoms with Crippen LogP contribution < -0.4 is 0 Å². The molecule has 1 aromatic rings. The van der Waals surface area contributed by atoms with Crippen LogP contribution in [0.4, 0.5) is 0 Å². The van der Waals surface area contributed by atoms with Gasteiger partial charge in [0.1, 0.15) is 4.90 Å². The van der Waals surface area contributed by atoms with E-state index in [1.165, 1.54) is 6.20 Å². The maximum absolute atomic E-state index is 10.8. The van der Waals surface area contributed by atoms with E-state index >= 15 is 0 Å². The van der Waals surface area contributed by atoms with Crippen LogP contribution in [0.25, 0.3) is 0 Å². The first-order valence-corrected chi connectivity index (χ1v) is 7.33. The minimum absolute atomic E-state index is 0.0687. The number of rotatable bonds is 5. The molecule has 0 aliphatic rings. The van der Waals surface area contributed by atoms with Crippen molar-refractivity contribution in [3.63, 3.8) is 0 Å². The SMILES string of the molecule is O=S(=O)(O)CCCc1c[nH]cc1S(=O)(=O)O. The summed E-state index contributed by atoms with van der Waals surface area (Å²) in [7, 11) is -8.35. The Morgan fingerprint density at radius 1 is 1.12 bits per heavy atom. The second kappa shape index (κ2) is 4.53. The summed E-state index contributed by atoms with van der Waals surface area (Å²) < 4.78 is 59.8. The number of aromatic amines is 1. The van der Waals surface area contributed by atoms with E-state index in [2.05, 4.69) is 4.98 Å². The zero-order valence-corrected chi connectivity index (χ0v) is 9.75. The molecule has 0 amide bonds. The maximum Gasteiger partial charge on any atom is 0.296 e. The molecule has 0 atom stereocenters. The van der Waals surface area contributed by atoms with E-state index in [0.717, 1.165) is 6.20 Å². The van der Waals surface area contributed by atoms with Crippen molar-refractivity contribution < 1.29 is 25.9 Å². The molecule has 0 saturated heterocycles. The van der Waals surface area contributed by atoms with E-state index in [4.69, 9.17) is 9.11 Å². The standard InChI is InChI=1S/C7H11NO6S2/c9-15(10,11)3-1-2-6-4-8-5-7(6)16(12,13)14/h4-5,8H,1-3H2,(H,9,10,11)(H,12,13,14). The third kappa shape index (κ3) is 3.93. The van der Waals surface area contributed by atoms with Gasteiger partial charge in [0.25, 0.3) is 20.2 Å². The molecule has 7 nitrogen and oxygen atoms in total. The molecular formula is C7H11NO6S2. The molecule has 0 fully saturated rings. The lowest BCUT2D eigenvalue weighted by molar-refractivity contribution is 0.481. The van der Waals surface area contributed by atoms with Gasteiger partial charge in [-0.05, 0) is 18.4 Å². The van der Waals surface area contributed by atoms with Gasteiger partial charge in [-0.15, -0.1) is 0 Å². The van der Waals surface area contributed by atoms with Gasteiger partial charge in [-0.1, -0.05) is 0 Å². The van der Waals surface area contributed by atoms with Crippen LogP contribution in [0.1, 0.15) is 12.0 Å². The average molecular weight is 269 g/mol. The van der Waals surface area contributed by atoms with Gasteiger partial charge in [0, 0.05) is 12.4 Å². The van der Waals surface area contributed by atoms with Gasteiger partial charge in [0.05, 0.1) is 5.75 Å². The van der Waals surface area contributed by atoms with Crippen LogP contribution in [0.3, 0.4) is 0 Å². The van der Waals surface area contributed by atoms with Crippen molar-refractivity contribution in [2.24, 2.45) is 0 Å². The minimum atomic E-state index is -4.30. The average Bonchev–Trinajstić information content (AvgIpc) is 2.48. The Bertz CT molecular complexity index is 555. The topological polar surface area (TPSA) is 125 Å². The molecular weight excluding hydrogens is 258 g/mol. The van der Waals surface area contributed by atoms with Crippen LogP contribution in [-0.4, -0.2) is 36.7 Å². The number of nitrogens with one attached hydrogen (secondary N) is 1. The highest BCUT2D eigenvalue weighted by Gasteiger charge is 2.16. The first-order valence-electron chi connectivity index (χ1n) is 4.28. The van der Waals surface area contributed by atoms with Crippen LogP contribution in [-0.2, 0) is 26.7 Å². The summed E-state index contributed by atoms with van der Waals surface area (Å²) in [6.45, 7) is 0. The lowest BCUT2D eigenvalue weighted by Crippen LogP contribution is -2.06. The highest BCUT2D eigenvalue weighted by Crippen LogP contribution is 2.16. The molecule has 1 rings (SSSR count). The van der Waals surface area contributed by atoms with E-state index in [-0.39, 0.29) is 23.3 Å². The Kier molecular flexibility index (Phi) is 3.73. The Hall–Kier alpha value is -0.900. The number of H-pyrrole nitrogens is 1. The summed E-state index contributed by atoms with van der Waals surface area (Å²) in [5, 5.41) is 0. The maximum atomic E-state index is 10.8. The zero-order valence-electron chi connectivity index (χ0n) is 8.12. The van der Waals surface area contributed by atoms with Crippen molar-refractivity contribution in [3.05, 3.63) is 18.0 Å². The highest BCUT2D eigenvalue weighted by atomic mass is 32.2. The van der Waals surface area contributed by atoms with Crippen molar-refractivity contribution in [2.45, 2.75) is 17.7 Å². The van der Waals surface area contributed by atoms with E-state index in [1.54, 1.807) is 0 Å². The second-order valence-electron chi connectivity index (χ2n) is 3.21. The monoisotopic (exact) mass is 269 g/mol. The third-order valence-electron chi connectivity index (χ3n) is 1.91. The van der Waals surface area contributed by atoms with Gasteiger partial charge in [-0.3, -0.25) is 9.11 Å². The molecule has 1 aromatic heterocycles. The fourth-order valence-electron chi connectivity index (χ4n) is 1.26. The minimum Gasteiger partial charge on any atom is -0.366 e. The highest BCUT2D eigenvalue weighted by molar-refractivity contribution is 7.86. The van der Waals surface area contributed by atoms with Crippen LogP contribution in [0, 0.1) is 0 Å². The molecule has 9 heteroatoms. The molecule has 0 saturated carbocycles. The van der Waals surface area contributed by atoms with E-state index in [1.807, 2.05) is 0 Å².